The first-order valence-electron chi connectivity index (χ1n) is 9.70. The highest BCUT2D eigenvalue weighted by atomic mass is 35.5. The van der Waals surface area contributed by atoms with E-state index in [-0.39, 0.29) is 5.91 Å². The predicted molar refractivity (Wildman–Crippen MR) is 119 cm³/mol. The van der Waals surface area contributed by atoms with E-state index < -0.39 is 0 Å². The van der Waals surface area contributed by atoms with Crippen LogP contribution in [0.15, 0.2) is 30.6 Å². The first-order chi connectivity index (χ1) is 14.5. The van der Waals surface area contributed by atoms with Gasteiger partial charge in [-0.05, 0) is 42.7 Å². The van der Waals surface area contributed by atoms with Crippen LogP contribution in [0.2, 0.25) is 5.02 Å². The van der Waals surface area contributed by atoms with Gasteiger partial charge in [-0.15, -0.1) is 11.3 Å². The second-order valence-corrected chi connectivity index (χ2v) is 8.71. The van der Waals surface area contributed by atoms with Crippen LogP contribution in [0, 0.1) is 0 Å². The summed E-state index contributed by atoms with van der Waals surface area (Å²) in [6.45, 7) is 3.15. The van der Waals surface area contributed by atoms with Gasteiger partial charge in [-0.3, -0.25) is 4.79 Å². The fourth-order valence-corrected chi connectivity index (χ4v) is 5.20. The van der Waals surface area contributed by atoms with Crippen LogP contribution in [-0.4, -0.2) is 37.3 Å². The number of aryl methyl sites for hydroxylation is 1. The van der Waals surface area contributed by atoms with Gasteiger partial charge in [0.05, 0.1) is 11.9 Å². The Labute approximate surface area is 181 Å². The molecule has 0 fully saturated rings. The number of nitrogens with zero attached hydrogens (tertiary/aromatic N) is 4. The molecule has 5 rings (SSSR count). The molecule has 0 radical (unpaired) electrons. The average Bonchev–Trinajstić information content (AvgIpc) is 3.35. The second-order valence-electron chi connectivity index (χ2n) is 7.19. The second kappa shape index (κ2) is 7.37. The molecule has 30 heavy (non-hydrogen) atoms. The molecule has 9 heteroatoms. The van der Waals surface area contributed by atoms with E-state index in [9.17, 15) is 4.79 Å². The predicted octanol–water partition coefficient (Wildman–Crippen LogP) is 4.08. The van der Waals surface area contributed by atoms with Gasteiger partial charge < -0.3 is 15.6 Å². The van der Waals surface area contributed by atoms with Gasteiger partial charge in [0, 0.05) is 27.7 Å². The van der Waals surface area contributed by atoms with Crippen molar-refractivity contribution in [1.82, 2.24) is 24.8 Å². The molecule has 4 aromatic rings. The molecule has 0 spiro atoms. The smallest absolute Gasteiger partial charge is 0.274 e. The minimum Gasteiger partial charge on any atom is -0.383 e. The van der Waals surface area contributed by atoms with Gasteiger partial charge in [0.1, 0.15) is 28.5 Å². The highest BCUT2D eigenvalue weighted by Crippen LogP contribution is 2.36. The summed E-state index contributed by atoms with van der Waals surface area (Å²) in [4.78, 5) is 33.6. The molecule has 7 nitrogen and oxygen atoms in total. The average molecular weight is 439 g/mol. The summed E-state index contributed by atoms with van der Waals surface area (Å²) in [5.41, 5.74) is 9.44. The lowest BCUT2D eigenvalue weighted by molar-refractivity contribution is 0.0731. The number of imidazole rings is 1. The van der Waals surface area contributed by atoms with Gasteiger partial charge >= 0.3 is 0 Å². The molecule has 3 N–H and O–H groups in total. The number of aromatic amines is 1. The number of amides is 1. The SMILES string of the molecule is CCc1[nH]c(-c2ccc(Cl)cc2)nc1C(=O)N1CCc2c(sc3ncnc(N)c23)C1. The van der Waals surface area contributed by atoms with Crippen molar-refractivity contribution in [1.29, 1.82) is 0 Å². The standard InChI is InChI=1S/C21H19ClN6OS/c1-2-14-17(27-19(26-14)11-3-5-12(22)6-4-11)21(29)28-8-7-13-15(9-28)30-20-16(13)18(23)24-10-25-20/h3-6,10H,2,7-9H2,1H3,(H,26,27)(H2,23,24,25). The number of halogens is 1. The van der Waals surface area contributed by atoms with Gasteiger partial charge in [-0.2, -0.15) is 0 Å². The molecule has 4 heterocycles. The highest BCUT2D eigenvalue weighted by molar-refractivity contribution is 7.19. The van der Waals surface area contributed by atoms with E-state index in [1.807, 2.05) is 36.1 Å². The van der Waals surface area contributed by atoms with E-state index >= 15 is 0 Å². The van der Waals surface area contributed by atoms with Crippen LogP contribution in [0.3, 0.4) is 0 Å². The van der Waals surface area contributed by atoms with Gasteiger partial charge in [0.15, 0.2) is 0 Å². The largest absolute Gasteiger partial charge is 0.383 e. The van der Waals surface area contributed by atoms with Gasteiger partial charge in [0.25, 0.3) is 5.91 Å². The number of hydrogen-bond acceptors (Lipinski definition) is 6. The zero-order valence-corrected chi connectivity index (χ0v) is 17.8. The molecule has 1 aliphatic rings. The van der Waals surface area contributed by atoms with Crippen LogP contribution < -0.4 is 5.73 Å². The zero-order valence-electron chi connectivity index (χ0n) is 16.3. The lowest BCUT2D eigenvalue weighted by Crippen LogP contribution is -2.36. The lowest BCUT2D eigenvalue weighted by Gasteiger charge is -2.26. The normalized spacial score (nSPS) is 13.6. The van der Waals surface area contributed by atoms with Crippen LogP contribution in [0.1, 0.15) is 33.5 Å². The lowest BCUT2D eigenvalue weighted by atomic mass is 10.0. The minimum absolute atomic E-state index is 0.0644. The van der Waals surface area contributed by atoms with Crippen LogP contribution in [0.4, 0.5) is 5.82 Å². The van der Waals surface area contributed by atoms with Gasteiger partial charge in [0.2, 0.25) is 0 Å². The molecule has 0 atom stereocenters. The third-order valence-corrected chi connectivity index (χ3v) is 6.78. The molecule has 0 aliphatic carbocycles. The fraction of sp³-hybridized carbons (Fsp3) is 0.238. The number of rotatable bonds is 3. The van der Waals surface area contributed by atoms with Crippen molar-refractivity contribution in [3.8, 4) is 11.4 Å². The van der Waals surface area contributed by atoms with Crippen LogP contribution in [0.5, 0.6) is 0 Å². The molecule has 1 aliphatic heterocycles. The molecule has 0 unspecified atom stereocenters. The molecule has 0 bridgehead atoms. The maximum atomic E-state index is 13.3. The monoisotopic (exact) mass is 438 g/mol. The Hall–Kier alpha value is -2.97. The molecule has 0 saturated heterocycles. The number of fused-ring (bicyclic) bond motifs is 3. The number of thiophene rings is 1. The first kappa shape index (κ1) is 19.0. The summed E-state index contributed by atoms with van der Waals surface area (Å²) < 4.78 is 0. The Morgan fingerprint density at radius 1 is 1.30 bits per heavy atom. The van der Waals surface area contributed by atoms with E-state index in [1.54, 1.807) is 11.3 Å². The Morgan fingerprint density at radius 2 is 2.10 bits per heavy atom. The molecule has 1 amide bonds. The molecular formula is C21H19ClN6OS. The summed E-state index contributed by atoms with van der Waals surface area (Å²) in [6.07, 6.45) is 2.91. The summed E-state index contributed by atoms with van der Waals surface area (Å²) in [6, 6.07) is 7.42. The van der Waals surface area contributed by atoms with Crippen molar-refractivity contribution in [2.75, 3.05) is 12.3 Å². The Kier molecular flexibility index (Phi) is 4.67. The number of nitrogen functional groups attached to an aromatic ring is 1. The molecule has 1 aromatic carbocycles. The number of nitrogens with one attached hydrogen (secondary N) is 1. The van der Waals surface area contributed by atoms with Crippen molar-refractivity contribution in [3.05, 3.63) is 57.4 Å². The maximum absolute atomic E-state index is 13.3. The number of anilines is 1. The van der Waals surface area contributed by atoms with E-state index in [0.29, 0.717) is 41.9 Å². The fourth-order valence-electron chi connectivity index (χ4n) is 3.86. The third kappa shape index (κ3) is 3.12. The van der Waals surface area contributed by atoms with Crippen molar-refractivity contribution < 1.29 is 4.79 Å². The molecule has 0 saturated carbocycles. The van der Waals surface area contributed by atoms with E-state index in [2.05, 4.69) is 19.9 Å². The third-order valence-electron chi connectivity index (χ3n) is 5.41. The zero-order chi connectivity index (χ0) is 20.8. The summed E-state index contributed by atoms with van der Waals surface area (Å²) >= 11 is 7.57. The topological polar surface area (TPSA) is 101 Å². The number of benzene rings is 1. The number of hydrogen-bond donors (Lipinski definition) is 2. The van der Waals surface area contributed by atoms with Crippen molar-refractivity contribution >= 4 is 44.9 Å². The summed E-state index contributed by atoms with van der Waals surface area (Å²) in [5.74, 6) is 1.12. The number of nitrogens with two attached hydrogens (primary N) is 1. The van der Waals surface area contributed by atoms with Crippen LogP contribution >= 0.6 is 22.9 Å². The quantitative estimate of drug-likeness (QED) is 0.502. The van der Waals surface area contributed by atoms with Crippen LogP contribution in [-0.2, 0) is 19.4 Å². The highest BCUT2D eigenvalue weighted by Gasteiger charge is 2.29. The molecule has 3 aromatic heterocycles. The van der Waals surface area contributed by atoms with Crippen molar-refractivity contribution in [2.45, 2.75) is 26.3 Å². The maximum Gasteiger partial charge on any atom is 0.274 e. The van der Waals surface area contributed by atoms with Crippen molar-refractivity contribution in [2.24, 2.45) is 0 Å². The van der Waals surface area contributed by atoms with Gasteiger partial charge in [-0.1, -0.05) is 18.5 Å². The summed E-state index contributed by atoms with van der Waals surface area (Å²) in [5, 5.41) is 1.60. The number of H-pyrrole nitrogens is 1. The van der Waals surface area contributed by atoms with Crippen LogP contribution in [0.25, 0.3) is 21.6 Å². The Bertz CT molecular complexity index is 1260. The minimum atomic E-state index is -0.0644. The molecular weight excluding hydrogens is 420 g/mol. The van der Waals surface area contributed by atoms with E-state index in [1.165, 1.54) is 6.33 Å². The Balaban J connectivity index is 1.46. The number of carbonyl (C=O) groups excluding carboxylic acids is 1. The number of carbonyl (C=O) groups is 1. The number of aromatic nitrogens is 4. The van der Waals surface area contributed by atoms with E-state index in [0.717, 1.165) is 38.3 Å². The Morgan fingerprint density at radius 3 is 2.87 bits per heavy atom. The summed E-state index contributed by atoms with van der Waals surface area (Å²) in [7, 11) is 0. The van der Waals surface area contributed by atoms with Gasteiger partial charge in [-0.25, -0.2) is 15.0 Å². The van der Waals surface area contributed by atoms with E-state index in [4.69, 9.17) is 17.3 Å². The molecule has 152 valence electrons. The first-order valence-corrected chi connectivity index (χ1v) is 10.9. The van der Waals surface area contributed by atoms with Crippen molar-refractivity contribution in [3.63, 3.8) is 0 Å².